The van der Waals surface area contributed by atoms with E-state index in [1.54, 1.807) is 0 Å². The van der Waals surface area contributed by atoms with E-state index < -0.39 is 21.4 Å². The van der Waals surface area contributed by atoms with Crippen LogP contribution < -0.4 is 5.11 Å². The summed E-state index contributed by atoms with van der Waals surface area (Å²) in [7, 11) is 0. The highest BCUT2D eigenvalue weighted by Crippen LogP contribution is 2.18. The van der Waals surface area contributed by atoms with Crippen LogP contribution in [0.1, 0.15) is 0 Å². The second-order valence-electron chi connectivity index (χ2n) is 1.48. The monoisotopic (exact) mass is 215 g/mol. The average molecular weight is 216 g/mol. The van der Waals surface area contributed by atoms with E-state index in [1.165, 1.54) is 0 Å². The lowest BCUT2D eigenvalue weighted by Crippen LogP contribution is -2.24. The van der Waals surface area contributed by atoms with Crippen LogP contribution in [0.15, 0.2) is 10.6 Å². The van der Waals surface area contributed by atoms with Gasteiger partial charge >= 0.3 is 0 Å². The van der Waals surface area contributed by atoms with Gasteiger partial charge < -0.3 is 9.90 Å². The van der Waals surface area contributed by atoms with Crippen LogP contribution in [0.25, 0.3) is 0 Å². The number of carboxylic acid groups (broad SMARTS) is 1. The van der Waals surface area contributed by atoms with Crippen molar-refractivity contribution in [3.63, 3.8) is 0 Å². The predicted octanol–water partition coefficient (Wildman–Crippen LogP) is 0.232. The number of hydrogen-bond acceptors (Lipinski definition) is 3. The maximum absolute atomic E-state index is 10.1. The van der Waals surface area contributed by atoms with E-state index in [1.807, 2.05) is 0 Å². The summed E-state index contributed by atoms with van der Waals surface area (Å²) in [6.45, 7) is 0. The topological polar surface area (TPSA) is 57.2 Å². The van der Waals surface area contributed by atoms with E-state index in [4.69, 9.17) is 34.8 Å². The Morgan fingerprint density at radius 2 is 1.91 bits per heavy atom. The largest absolute Gasteiger partial charge is 0.544 e. The Balaban J connectivity index is 4.83. The van der Waals surface area contributed by atoms with Crippen LogP contribution in [0.5, 0.6) is 0 Å². The minimum Gasteiger partial charge on any atom is -0.544 e. The van der Waals surface area contributed by atoms with Gasteiger partial charge in [-0.25, -0.2) is 0 Å². The molecule has 0 radical (unpaired) electrons. The van der Waals surface area contributed by atoms with Crippen LogP contribution in [-0.4, -0.2) is 17.1 Å². The summed E-state index contributed by atoms with van der Waals surface area (Å²) in [6, 6.07) is 0. The number of rotatable bonds is 3. The zero-order valence-electron chi connectivity index (χ0n) is 5.01. The van der Waals surface area contributed by atoms with Gasteiger partial charge in [0.1, 0.15) is 11.1 Å². The normalized spacial score (nSPS) is 12.7. The lowest BCUT2D eigenvalue weighted by Gasteiger charge is -2.04. The molecule has 0 spiro atoms. The minimum atomic E-state index is -1.68. The van der Waals surface area contributed by atoms with Gasteiger partial charge in [-0.3, -0.25) is 4.79 Å². The van der Waals surface area contributed by atoms with Crippen molar-refractivity contribution in [3.8, 4) is 0 Å². The maximum atomic E-state index is 10.1. The van der Waals surface area contributed by atoms with E-state index in [2.05, 4.69) is 0 Å². The number of aliphatic carboxylic acids is 1. The first-order chi connectivity index (χ1) is 5.00. The third-order valence-corrected chi connectivity index (χ3v) is 1.64. The molecule has 0 aromatic heterocycles. The Kier molecular flexibility index (Phi) is 4.49. The highest BCUT2D eigenvalue weighted by Gasteiger charge is 2.11. The quantitative estimate of drug-likeness (QED) is 0.385. The molecule has 0 fully saturated rings. The number of halogens is 3. The zero-order chi connectivity index (χ0) is 9.02. The third-order valence-electron chi connectivity index (χ3n) is 0.795. The first-order valence-electron chi connectivity index (χ1n) is 2.35. The molecule has 0 rings (SSSR count). The first kappa shape index (κ1) is 10.8. The smallest absolute Gasteiger partial charge is 0.150 e. The fourth-order valence-corrected chi connectivity index (χ4v) is 0.903. The van der Waals surface area contributed by atoms with Gasteiger partial charge in [0, 0.05) is 5.57 Å². The fourth-order valence-electron chi connectivity index (χ4n) is 0.317. The fraction of sp³-hybridized carbons (Fsp3) is 0.200. The lowest BCUT2D eigenvalue weighted by molar-refractivity contribution is -0.298. The van der Waals surface area contributed by atoms with Gasteiger partial charge in [0.15, 0.2) is 0 Å². The molecule has 0 aliphatic rings. The first-order valence-corrected chi connectivity index (χ1v) is 3.60. The Morgan fingerprint density at radius 1 is 1.45 bits per heavy atom. The van der Waals surface area contributed by atoms with E-state index in [0.717, 1.165) is 0 Å². The number of carboxylic acids is 1. The molecule has 0 N–H and O–H groups in total. The van der Waals surface area contributed by atoms with E-state index in [9.17, 15) is 14.7 Å². The van der Waals surface area contributed by atoms with Crippen molar-refractivity contribution < 1.29 is 14.7 Å². The Morgan fingerprint density at radius 3 is 2.00 bits per heavy atom. The summed E-state index contributed by atoms with van der Waals surface area (Å²) in [5.74, 6) is -1.68. The summed E-state index contributed by atoms with van der Waals surface area (Å²) in [6.07, 6.45) is 0.169. The van der Waals surface area contributed by atoms with Crippen LogP contribution in [0.4, 0.5) is 0 Å². The zero-order valence-corrected chi connectivity index (χ0v) is 7.28. The summed E-state index contributed by atoms with van der Waals surface area (Å²) >= 11 is 15.5. The Bertz CT molecular complexity index is 209. The number of allylic oxidation sites excluding steroid dienone is 1. The number of carbonyl (C=O) groups is 2. The van der Waals surface area contributed by atoms with Gasteiger partial charge in [0.2, 0.25) is 0 Å². The van der Waals surface area contributed by atoms with Crippen molar-refractivity contribution in [2.24, 2.45) is 0 Å². The third kappa shape index (κ3) is 3.10. The Hall–Kier alpha value is -0.250. The van der Waals surface area contributed by atoms with Crippen LogP contribution in [-0.2, 0) is 9.59 Å². The van der Waals surface area contributed by atoms with E-state index in [-0.39, 0.29) is 6.29 Å². The van der Waals surface area contributed by atoms with Crippen LogP contribution in [0, 0.1) is 0 Å². The molecule has 0 saturated heterocycles. The molecule has 0 atom stereocenters. The van der Waals surface area contributed by atoms with Crippen molar-refractivity contribution >= 4 is 47.1 Å². The lowest BCUT2D eigenvalue weighted by atomic mass is 10.3. The van der Waals surface area contributed by atoms with Crippen molar-refractivity contribution in [3.05, 3.63) is 10.6 Å². The molecular formula is C5H2Cl3O3-. The van der Waals surface area contributed by atoms with Crippen LogP contribution >= 0.6 is 34.8 Å². The number of carbonyl (C=O) groups excluding carboxylic acids is 2. The second kappa shape index (κ2) is 4.59. The van der Waals surface area contributed by atoms with Crippen molar-refractivity contribution in [1.82, 2.24) is 0 Å². The number of aldehydes is 1. The predicted molar refractivity (Wildman–Crippen MR) is 39.4 cm³/mol. The van der Waals surface area contributed by atoms with Gasteiger partial charge in [-0.1, -0.05) is 34.8 Å². The molecule has 62 valence electrons. The summed E-state index contributed by atoms with van der Waals surface area (Å²) < 4.78 is 0. The van der Waals surface area contributed by atoms with Gasteiger partial charge in [0.25, 0.3) is 0 Å². The molecule has 0 aromatic carbocycles. The van der Waals surface area contributed by atoms with Crippen molar-refractivity contribution in [1.29, 1.82) is 0 Å². The second-order valence-corrected chi connectivity index (χ2v) is 2.95. The molecular weight excluding hydrogens is 214 g/mol. The molecule has 11 heavy (non-hydrogen) atoms. The van der Waals surface area contributed by atoms with Gasteiger partial charge in [-0.2, -0.15) is 0 Å². The molecule has 0 bridgehead atoms. The van der Waals surface area contributed by atoms with Gasteiger partial charge in [0.05, 0.1) is 11.0 Å². The van der Waals surface area contributed by atoms with Gasteiger partial charge in [-0.15, -0.1) is 0 Å². The highest BCUT2D eigenvalue weighted by molar-refractivity contribution is 6.50. The van der Waals surface area contributed by atoms with Crippen molar-refractivity contribution in [2.75, 3.05) is 0 Å². The average Bonchev–Trinajstić information content (AvgIpc) is 1.88. The van der Waals surface area contributed by atoms with E-state index in [0.29, 0.717) is 0 Å². The number of alkyl halides is 2. The molecule has 0 aliphatic carbocycles. The summed E-state index contributed by atoms with van der Waals surface area (Å²) in [5, 5.41) is 9.26. The molecule has 6 heteroatoms. The van der Waals surface area contributed by atoms with Crippen LogP contribution in [0.3, 0.4) is 0 Å². The van der Waals surface area contributed by atoms with Gasteiger partial charge in [-0.05, 0) is 0 Å². The SMILES string of the molecule is O=C/C(=C(/Cl)C(=O)[O-])C(Cl)Cl. The molecule has 0 aliphatic heterocycles. The highest BCUT2D eigenvalue weighted by atomic mass is 35.5. The summed E-state index contributed by atoms with van der Waals surface area (Å²) in [5.41, 5.74) is -0.407. The van der Waals surface area contributed by atoms with Crippen LogP contribution in [0.2, 0.25) is 0 Å². The standard InChI is InChI=1S/C5H3Cl3O3/c6-3(5(10)11)2(1-9)4(7)8/h1,4H,(H,10,11)/p-1/b3-2-. The molecule has 0 heterocycles. The number of hydrogen-bond donors (Lipinski definition) is 0. The molecule has 3 nitrogen and oxygen atoms in total. The molecule has 0 amide bonds. The molecule has 0 saturated carbocycles. The molecule has 0 aromatic rings. The minimum absolute atomic E-state index is 0.169. The molecule has 0 unspecified atom stereocenters. The van der Waals surface area contributed by atoms with E-state index >= 15 is 0 Å². The Labute approximate surface area is 77.5 Å². The summed E-state index contributed by atoms with van der Waals surface area (Å²) in [4.78, 5) is 18.9. The van der Waals surface area contributed by atoms with Crippen molar-refractivity contribution in [2.45, 2.75) is 4.84 Å². The maximum Gasteiger partial charge on any atom is 0.150 e.